The number of anilines is 1. The lowest BCUT2D eigenvalue weighted by Crippen LogP contribution is -2.46. The fraction of sp³-hybridized carbons (Fsp3) is 0.727. The van der Waals surface area contributed by atoms with Gasteiger partial charge in [-0.25, -0.2) is 9.97 Å². The molecule has 0 radical (unpaired) electrons. The van der Waals surface area contributed by atoms with Gasteiger partial charge in [0.1, 0.15) is 11.6 Å². The molecule has 0 spiro atoms. The molecule has 1 aromatic rings. The van der Waals surface area contributed by atoms with Gasteiger partial charge < -0.3 is 15.1 Å². The number of amides is 2. The smallest absolute Gasteiger partial charge is 0.236 e. The number of carbonyl (C=O) groups excluding carboxylic acids is 2. The molecule has 2 amide bonds. The maximum Gasteiger partial charge on any atom is 0.236 e. The number of aromatic nitrogens is 2. The van der Waals surface area contributed by atoms with Gasteiger partial charge in [0.2, 0.25) is 11.8 Å². The van der Waals surface area contributed by atoms with Crippen LogP contribution in [0, 0.1) is 5.92 Å². The van der Waals surface area contributed by atoms with Crippen molar-refractivity contribution in [2.45, 2.75) is 52.0 Å². The molecule has 0 bridgehead atoms. The summed E-state index contributed by atoms with van der Waals surface area (Å²) in [5.41, 5.74) is 0.833. The summed E-state index contributed by atoms with van der Waals surface area (Å²) in [6, 6.07) is 1.89. The van der Waals surface area contributed by atoms with Crippen molar-refractivity contribution in [1.29, 1.82) is 0 Å². The third-order valence-corrected chi connectivity index (χ3v) is 6.30. The van der Waals surface area contributed by atoms with Crippen molar-refractivity contribution < 1.29 is 9.59 Å². The van der Waals surface area contributed by atoms with Gasteiger partial charge in [0.05, 0.1) is 18.8 Å². The van der Waals surface area contributed by atoms with E-state index in [0.717, 1.165) is 56.4 Å². The second-order valence-electron chi connectivity index (χ2n) is 8.87. The van der Waals surface area contributed by atoms with Crippen LogP contribution in [0.3, 0.4) is 0 Å². The first-order chi connectivity index (χ1) is 14.4. The average molecular weight is 417 g/mol. The van der Waals surface area contributed by atoms with Gasteiger partial charge >= 0.3 is 0 Å². The third kappa shape index (κ3) is 5.90. The molecule has 2 aliphatic rings. The van der Waals surface area contributed by atoms with Crippen molar-refractivity contribution in [2.75, 3.05) is 52.1 Å². The van der Waals surface area contributed by atoms with Gasteiger partial charge in [-0.3, -0.25) is 14.5 Å². The lowest BCUT2D eigenvalue weighted by Gasteiger charge is -2.35. The van der Waals surface area contributed by atoms with Crippen LogP contribution in [0.15, 0.2) is 6.07 Å². The minimum absolute atomic E-state index is 0.0103. The number of likely N-dealkylation sites (tertiary alicyclic amines) is 2. The number of carbonyl (C=O) groups is 2. The monoisotopic (exact) mass is 416 g/mol. The molecule has 2 fully saturated rings. The highest BCUT2D eigenvalue weighted by Crippen LogP contribution is 2.27. The molecule has 1 N–H and O–H groups in total. The number of hydrogen-bond donors (Lipinski definition) is 1. The van der Waals surface area contributed by atoms with Crippen LogP contribution in [-0.2, 0) is 16.1 Å². The van der Waals surface area contributed by atoms with Crippen LogP contribution in [0.2, 0.25) is 0 Å². The fourth-order valence-electron chi connectivity index (χ4n) is 4.37. The molecule has 0 aliphatic carbocycles. The summed E-state index contributed by atoms with van der Waals surface area (Å²) in [5.74, 6) is 2.76. The first-order valence-electron chi connectivity index (χ1n) is 11.1. The molecule has 8 nitrogen and oxygen atoms in total. The quantitative estimate of drug-likeness (QED) is 0.763. The van der Waals surface area contributed by atoms with Crippen LogP contribution in [0.4, 0.5) is 5.82 Å². The van der Waals surface area contributed by atoms with Crippen LogP contribution in [0.1, 0.15) is 57.0 Å². The highest BCUT2D eigenvalue weighted by Gasteiger charge is 2.28. The van der Waals surface area contributed by atoms with Gasteiger partial charge in [0, 0.05) is 52.6 Å². The van der Waals surface area contributed by atoms with E-state index in [9.17, 15) is 9.59 Å². The summed E-state index contributed by atoms with van der Waals surface area (Å²) < 4.78 is 0. The minimum atomic E-state index is 0.0103. The topological polar surface area (TPSA) is 81.7 Å². The lowest BCUT2D eigenvalue weighted by molar-refractivity contribution is -0.134. The SMILES string of the molecule is CNc1cc(CN(C)C(C)=O)nc(C2CCN(C(=O)CN3CCC[C@H](C)C3)CC2)n1. The van der Waals surface area contributed by atoms with E-state index in [-0.39, 0.29) is 17.7 Å². The van der Waals surface area contributed by atoms with E-state index in [4.69, 9.17) is 4.98 Å². The first kappa shape index (κ1) is 22.5. The van der Waals surface area contributed by atoms with E-state index in [0.29, 0.717) is 19.0 Å². The van der Waals surface area contributed by atoms with E-state index >= 15 is 0 Å². The highest BCUT2D eigenvalue weighted by atomic mass is 16.2. The normalized spacial score (nSPS) is 20.8. The Kier molecular flexibility index (Phi) is 7.64. The Hall–Kier alpha value is -2.22. The van der Waals surface area contributed by atoms with Crippen molar-refractivity contribution >= 4 is 17.6 Å². The van der Waals surface area contributed by atoms with Gasteiger partial charge in [-0.05, 0) is 38.1 Å². The largest absolute Gasteiger partial charge is 0.373 e. The molecule has 30 heavy (non-hydrogen) atoms. The van der Waals surface area contributed by atoms with E-state index in [2.05, 4.69) is 22.1 Å². The van der Waals surface area contributed by atoms with Crippen LogP contribution in [0.25, 0.3) is 0 Å². The van der Waals surface area contributed by atoms with E-state index < -0.39 is 0 Å². The van der Waals surface area contributed by atoms with Crippen molar-refractivity contribution in [2.24, 2.45) is 5.92 Å². The van der Waals surface area contributed by atoms with Crippen LogP contribution in [-0.4, -0.2) is 83.3 Å². The summed E-state index contributed by atoms with van der Waals surface area (Å²) in [5, 5.41) is 3.10. The van der Waals surface area contributed by atoms with Gasteiger partial charge in [-0.2, -0.15) is 0 Å². The Labute approximate surface area is 180 Å². The van der Waals surface area contributed by atoms with E-state index in [1.54, 1.807) is 18.9 Å². The zero-order valence-electron chi connectivity index (χ0n) is 18.9. The molecule has 3 heterocycles. The van der Waals surface area contributed by atoms with Crippen molar-refractivity contribution in [3.05, 3.63) is 17.6 Å². The molecule has 0 saturated carbocycles. The molecule has 2 saturated heterocycles. The van der Waals surface area contributed by atoms with E-state index in [1.807, 2.05) is 18.0 Å². The molecule has 2 aliphatic heterocycles. The Morgan fingerprint density at radius 3 is 2.57 bits per heavy atom. The molecule has 1 atom stereocenters. The summed E-state index contributed by atoms with van der Waals surface area (Å²) in [7, 11) is 3.61. The molecule has 0 unspecified atom stereocenters. The van der Waals surface area contributed by atoms with Crippen LogP contribution < -0.4 is 5.32 Å². The predicted octanol–water partition coefficient (Wildman–Crippen LogP) is 1.93. The second kappa shape index (κ2) is 10.2. The molecule has 0 aromatic carbocycles. The van der Waals surface area contributed by atoms with Crippen molar-refractivity contribution in [1.82, 2.24) is 24.7 Å². The minimum Gasteiger partial charge on any atom is -0.373 e. The van der Waals surface area contributed by atoms with Crippen molar-refractivity contribution in [3.63, 3.8) is 0 Å². The summed E-state index contributed by atoms with van der Waals surface area (Å²) >= 11 is 0. The Morgan fingerprint density at radius 2 is 1.93 bits per heavy atom. The van der Waals surface area contributed by atoms with Crippen molar-refractivity contribution in [3.8, 4) is 0 Å². The Morgan fingerprint density at radius 1 is 1.20 bits per heavy atom. The average Bonchev–Trinajstić information content (AvgIpc) is 2.73. The second-order valence-corrected chi connectivity index (χ2v) is 8.87. The zero-order valence-corrected chi connectivity index (χ0v) is 18.9. The lowest BCUT2D eigenvalue weighted by atomic mass is 9.95. The number of nitrogens with zero attached hydrogens (tertiary/aromatic N) is 5. The number of hydrogen-bond acceptors (Lipinski definition) is 6. The fourth-order valence-corrected chi connectivity index (χ4v) is 4.37. The first-order valence-corrected chi connectivity index (χ1v) is 11.1. The summed E-state index contributed by atoms with van der Waals surface area (Å²) in [4.78, 5) is 39.7. The van der Waals surface area contributed by atoms with Crippen LogP contribution >= 0.6 is 0 Å². The maximum absolute atomic E-state index is 12.8. The van der Waals surface area contributed by atoms with Gasteiger partial charge in [-0.15, -0.1) is 0 Å². The van der Waals surface area contributed by atoms with Gasteiger partial charge in [0.15, 0.2) is 0 Å². The highest BCUT2D eigenvalue weighted by molar-refractivity contribution is 5.78. The zero-order chi connectivity index (χ0) is 21.7. The molecule has 166 valence electrons. The Balaban J connectivity index is 1.58. The third-order valence-electron chi connectivity index (χ3n) is 6.30. The maximum atomic E-state index is 12.8. The predicted molar refractivity (Wildman–Crippen MR) is 117 cm³/mol. The van der Waals surface area contributed by atoms with Gasteiger partial charge in [0.25, 0.3) is 0 Å². The number of nitrogens with one attached hydrogen (secondary N) is 1. The molecular formula is C22H36N6O2. The molecule has 3 rings (SSSR count). The Bertz CT molecular complexity index is 747. The molecule has 8 heteroatoms. The molecular weight excluding hydrogens is 380 g/mol. The van der Waals surface area contributed by atoms with Crippen LogP contribution in [0.5, 0.6) is 0 Å². The number of piperidine rings is 2. The van der Waals surface area contributed by atoms with E-state index in [1.165, 1.54) is 12.8 Å². The van der Waals surface area contributed by atoms with Gasteiger partial charge in [-0.1, -0.05) is 6.92 Å². The standard InChI is InChI=1S/C22H36N6O2/c1-16-6-5-9-27(13-16)15-21(30)28-10-7-18(8-11-28)22-24-19(12-20(23-3)25-22)14-26(4)17(2)29/h12,16,18H,5-11,13-15H2,1-4H3,(H,23,24,25)/t16-/m0/s1. The number of rotatable bonds is 6. The summed E-state index contributed by atoms with van der Waals surface area (Å²) in [6.45, 7) is 8.40. The molecule has 1 aromatic heterocycles. The summed E-state index contributed by atoms with van der Waals surface area (Å²) in [6.07, 6.45) is 4.21.